The van der Waals surface area contributed by atoms with Crippen LogP contribution in [0.2, 0.25) is 0 Å². The van der Waals surface area contributed by atoms with E-state index in [0.717, 1.165) is 23.6 Å². The third kappa shape index (κ3) is 3.08. The minimum absolute atomic E-state index is 0. The third-order valence-corrected chi connectivity index (χ3v) is 2.10. The lowest BCUT2D eigenvalue weighted by Gasteiger charge is -2.04. The fourth-order valence-corrected chi connectivity index (χ4v) is 1.45. The van der Waals surface area contributed by atoms with Gasteiger partial charge in [0.2, 0.25) is 0 Å². The summed E-state index contributed by atoms with van der Waals surface area (Å²) in [7, 11) is 4.02. The Bertz CT molecular complexity index is 426. The maximum absolute atomic E-state index is 5.27. The molecular weight excluding hydrogens is 224 g/mol. The van der Waals surface area contributed by atoms with E-state index in [-0.39, 0.29) is 12.4 Å². The standard InChI is InChI=1S/C12H14N2O.ClH/c1-14(2)9-11-8-12(15-13-11)10-6-4-3-5-7-10;/h3-8H,9H2,1-2H3;1H. The molecule has 2 rings (SSSR count). The van der Waals surface area contributed by atoms with Gasteiger partial charge in [-0.15, -0.1) is 12.4 Å². The average molecular weight is 239 g/mol. The van der Waals surface area contributed by atoms with Gasteiger partial charge in [-0.3, -0.25) is 0 Å². The van der Waals surface area contributed by atoms with Gasteiger partial charge in [-0.25, -0.2) is 0 Å². The van der Waals surface area contributed by atoms with Crippen LogP contribution in [0.5, 0.6) is 0 Å². The first-order valence-corrected chi connectivity index (χ1v) is 4.91. The Morgan fingerprint density at radius 1 is 1.19 bits per heavy atom. The highest BCUT2D eigenvalue weighted by Crippen LogP contribution is 2.19. The first-order valence-electron chi connectivity index (χ1n) is 4.91. The number of nitrogens with zero attached hydrogens (tertiary/aromatic N) is 2. The Kier molecular flexibility index (Phi) is 4.52. The molecule has 0 atom stereocenters. The Balaban J connectivity index is 0.00000128. The second-order valence-electron chi connectivity index (χ2n) is 3.79. The van der Waals surface area contributed by atoms with Gasteiger partial charge in [-0.05, 0) is 14.1 Å². The van der Waals surface area contributed by atoms with Crippen molar-refractivity contribution in [3.63, 3.8) is 0 Å². The van der Waals surface area contributed by atoms with E-state index in [1.165, 1.54) is 0 Å². The largest absolute Gasteiger partial charge is 0.356 e. The van der Waals surface area contributed by atoms with Crippen molar-refractivity contribution in [2.24, 2.45) is 0 Å². The monoisotopic (exact) mass is 238 g/mol. The second-order valence-corrected chi connectivity index (χ2v) is 3.79. The molecule has 2 aromatic rings. The number of halogens is 1. The number of hydrogen-bond donors (Lipinski definition) is 0. The summed E-state index contributed by atoms with van der Waals surface area (Å²) in [5, 5.41) is 4.02. The van der Waals surface area contributed by atoms with Crippen LogP contribution in [0.3, 0.4) is 0 Å². The summed E-state index contributed by atoms with van der Waals surface area (Å²) in [4.78, 5) is 2.06. The molecule has 0 aliphatic rings. The van der Waals surface area contributed by atoms with Gasteiger partial charge in [0.25, 0.3) is 0 Å². The van der Waals surface area contributed by atoms with Gasteiger partial charge < -0.3 is 9.42 Å². The van der Waals surface area contributed by atoms with Crippen LogP contribution in [-0.4, -0.2) is 24.2 Å². The molecule has 3 nitrogen and oxygen atoms in total. The molecule has 0 saturated heterocycles. The summed E-state index contributed by atoms with van der Waals surface area (Å²) in [5.41, 5.74) is 2.02. The van der Waals surface area contributed by atoms with Crippen molar-refractivity contribution in [2.75, 3.05) is 14.1 Å². The lowest BCUT2D eigenvalue weighted by molar-refractivity contribution is 0.367. The van der Waals surface area contributed by atoms with Crippen LogP contribution in [0.15, 0.2) is 40.9 Å². The zero-order valence-electron chi connectivity index (χ0n) is 9.38. The van der Waals surface area contributed by atoms with E-state index in [9.17, 15) is 0 Å². The van der Waals surface area contributed by atoms with E-state index < -0.39 is 0 Å². The van der Waals surface area contributed by atoms with E-state index in [4.69, 9.17) is 4.52 Å². The van der Waals surface area contributed by atoms with Crippen molar-refractivity contribution in [3.05, 3.63) is 42.1 Å². The summed E-state index contributed by atoms with van der Waals surface area (Å²) in [6.45, 7) is 0.802. The lowest BCUT2D eigenvalue weighted by Crippen LogP contribution is -2.10. The van der Waals surface area contributed by atoms with Crippen LogP contribution in [0.1, 0.15) is 5.69 Å². The maximum Gasteiger partial charge on any atom is 0.167 e. The average Bonchev–Trinajstić information content (AvgIpc) is 2.67. The molecule has 86 valence electrons. The first kappa shape index (κ1) is 12.7. The van der Waals surface area contributed by atoms with Crippen molar-refractivity contribution in [3.8, 4) is 11.3 Å². The van der Waals surface area contributed by atoms with Crippen LogP contribution in [0.4, 0.5) is 0 Å². The molecule has 16 heavy (non-hydrogen) atoms. The number of benzene rings is 1. The zero-order valence-corrected chi connectivity index (χ0v) is 10.2. The molecule has 4 heteroatoms. The number of aromatic nitrogens is 1. The number of hydrogen-bond acceptors (Lipinski definition) is 3. The van der Waals surface area contributed by atoms with Crippen molar-refractivity contribution in [1.82, 2.24) is 10.1 Å². The molecule has 0 spiro atoms. The van der Waals surface area contributed by atoms with Gasteiger partial charge in [-0.1, -0.05) is 35.5 Å². The van der Waals surface area contributed by atoms with Crippen molar-refractivity contribution in [1.29, 1.82) is 0 Å². The van der Waals surface area contributed by atoms with Crippen molar-refractivity contribution in [2.45, 2.75) is 6.54 Å². The van der Waals surface area contributed by atoms with E-state index in [2.05, 4.69) is 10.1 Å². The quantitative estimate of drug-likeness (QED) is 0.824. The molecule has 1 heterocycles. The highest BCUT2D eigenvalue weighted by Gasteiger charge is 2.06. The van der Waals surface area contributed by atoms with Crippen LogP contribution < -0.4 is 0 Å². The van der Waals surface area contributed by atoms with Crippen LogP contribution >= 0.6 is 12.4 Å². The van der Waals surface area contributed by atoms with Gasteiger partial charge >= 0.3 is 0 Å². The zero-order chi connectivity index (χ0) is 10.7. The van der Waals surface area contributed by atoms with Gasteiger partial charge in [0.1, 0.15) is 0 Å². The van der Waals surface area contributed by atoms with E-state index in [1.807, 2.05) is 50.5 Å². The van der Waals surface area contributed by atoms with Crippen LogP contribution in [0, 0.1) is 0 Å². The highest BCUT2D eigenvalue weighted by atomic mass is 35.5. The van der Waals surface area contributed by atoms with Gasteiger partial charge in [0.05, 0.1) is 5.69 Å². The summed E-state index contributed by atoms with van der Waals surface area (Å²) in [6, 6.07) is 12.0. The molecule has 0 aliphatic heterocycles. The fraction of sp³-hybridized carbons (Fsp3) is 0.250. The summed E-state index contributed by atoms with van der Waals surface area (Å²) < 4.78 is 5.27. The first-order chi connectivity index (χ1) is 7.25. The Hall–Kier alpha value is -1.32. The van der Waals surface area contributed by atoms with Gasteiger partial charge in [0, 0.05) is 18.2 Å². The molecule has 0 fully saturated rings. The Morgan fingerprint density at radius 3 is 2.50 bits per heavy atom. The third-order valence-electron chi connectivity index (χ3n) is 2.10. The minimum atomic E-state index is 0. The summed E-state index contributed by atoms with van der Waals surface area (Å²) in [6.07, 6.45) is 0. The molecule has 0 aliphatic carbocycles. The Labute approximate surface area is 101 Å². The molecule has 1 aromatic carbocycles. The van der Waals surface area contributed by atoms with Crippen LogP contribution in [-0.2, 0) is 6.54 Å². The van der Waals surface area contributed by atoms with Crippen LogP contribution in [0.25, 0.3) is 11.3 Å². The van der Waals surface area contributed by atoms with E-state index in [0.29, 0.717) is 0 Å². The minimum Gasteiger partial charge on any atom is -0.356 e. The predicted octanol–water partition coefficient (Wildman–Crippen LogP) is 2.83. The Morgan fingerprint density at radius 2 is 1.88 bits per heavy atom. The molecule has 0 bridgehead atoms. The van der Waals surface area contributed by atoms with E-state index >= 15 is 0 Å². The second kappa shape index (κ2) is 5.68. The SMILES string of the molecule is CN(C)Cc1cc(-c2ccccc2)on1.Cl. The molecule has 0 saturated carbocycles. The summed E-state index contributed by atoms with van der Waals surface area (Å²) >= 11 is 0. The smallest absolute Gasteiger partial charge is 0.167 e. The summed E-state index contributed by atoms with van der Waals surface area (Å²) in [5.74, 6) is 0.826. The lowest BCUT2D eigenvalue weighted by atomic mass is 10.2. The molecule has 0 N–H and O–H groups in total. The molecule has 0 amide bonds. The highest BCUT2D eigenvalue weighted by molar-refractivity contribution is 5.85. The number of rotatable bonds is 3. The van der Waals surface area contributed by atoms with Gasteiger partial charge in [0.15, 0.2) is 5.76 Å². The van der Waals surface area contributed by atoms with E-state index in [1.54, 1.807) is 0 Å². The maximum atomic E-state index is 5.27. The molecule has 1 aromatic heterocycles. The normalized spacial score (nSPS) is 10.2. The predicted molar refractivity (Wildman–Crippen MR) is 66.6 cm³/mol. The fourth-order valence-electron chi connectivity index (χ4n) is 1.45. The molecule has 0 radical (unpaired) electrons. The van der Waals surface area contributed by atoms with Crippen molar-refractivity contribution >= 4 is 12.4 Å². The van der Waals surface area contributed by atoms with Crippen molar-refractivity contribution < 1.29 is 4.52 Å². The van der Waals surface area contributed by atoms with Gasteiger partial charge in [-0.2, -0.15) is 0 Å². The molecule has 0 unspecified atom stereocenters. The molecular formula is C12H15ClN2O. The topological polar surface area (TPSA) is 29.3 Å².